The molecule has 94 valence electrons. The lowest BCUT2D eigenvalue weighted by Gasteiger charge is -2.09. The molecule has 4 heteroatoms. The highest BCUT2D eigenvalue weighted by molar-refractivity contribution is 9.10. The van der Waals surface area contributed by atoms with Crippen LogP contribution >= 0.6 is 15.9 Å². The minimum Gasteiger partial charge on any atom is -0.508 e. The van der Waals surface area contributed by atoms with E-state index in [1.54, 1.807) is 0 Å². The number of benzene rings is 2. The van der Waals surface area contributed by atoms with Gasteiger partial charge in [0, 0.05) is 22.3 Å². The zero-order valence-corrected chi connectivity index (χ0v) is 11.5. The largest absolute Gasteiger partial charge is 0.508 e. The fraction of sp³-hybridized carbons (Fsp3) is 0.143. The first-order chi connectivity index (χ1) is 8.56. The zero-order valence-electron chi connectivity index (χ0n) is 9.87. The molecule has 0 aromatic heterocycles. The Labute approximate surface area is 114 Å². The predicted octanol–water partition coefficient (Wildman–Crippen LogP) is 4.21. The monoisotopic (exact) mass is 309 g/mol. The molecule has 0 heterocycles. The summed E-state index contributed by atoms with van der Waals surface area (Å²) in [7, 11) is 0. The van der Waals surface area contributed by atoms with E-state index in [1.807, 2.05) is 25.1 Å². The third-order valence-electron chi connectivity index (χ3n) is 2.68. The minimum atomic E-state index is -0.350. The van der Waals surface area contributed by atoms with Crippen molar-refractivity contribution in [1.82, 2.24) is 0 Å². The van der Waals surface area contributed by atoms with Crippen LogP contribution in [0.4, 0.5) is 10.1 Å². The first-order valence-electron chi connectivity index (χ1n) is 5.53. The van der Waals surface area contributed by atoms with Crippen molar-refractivity contribution >= 4 is 21.6 Å². The maximum absolute atomic E-state index is 13.0. The standard InChI is InChI=1S/C14H13BrFNO/c1-9-6-12(3-4-13(9)15)17-8-10-7-11(16)2-5-14(10)18/h2-7,17-18H,8H2,1H3. The van der Waals surface area contributed by atoms with Gasteiger partial charge < -0.3 is 10.4 Å². The molecular formula is C14H13BrFNO. The summed E-state index contributed by atoms with van der Waals surface area (Å²) in [6.07, 6.45) is 0. The van der Waals surface area contributed by atoms with Crippen molar-refractivity contribution in [2.24, 2.45) is 0 Å². The Balaban J connectivity index is 2.11. The molecule has 0 unspecified atom stereocenters. The second-order valence-corrected chi connectivity index (χ2v) is 4.94. The van der Waals surface area contributed by atoms with E-state index in [1.165, 1.54) is 18.2 Å². The first-order valence-corrected chi connectivity index (χ1v) is 6.33. The molecule has 2 N–H and O–H groups in total. The highest BCUT2D eigenvalue weighted by atomic mass is 79.9. The summed E-state index contributed by atoms with van der Waals surface area (Å²) in [5, 5.41) is 12.7. The number of anilines is 1. The number of hydrogen-bond acceptors (Lipinski definition) is 2. The van der Waals surface area contributed by atoms with Crippen LogP contribution < -0.4 is 5.32 Å². The van der Waals surface area contributed by atoms with Crippen molar-refractivity contribution < 1.29 is 9.50 Å². The van der Waals surface area contributed by atoms with Crippen LogP contribution in [0.3, 0.4) is 0 Å². The Hall–Kier alpha value is -1.55. The average Bonchev–Trinajstić information content (AvgIpc) is 2.34. The van der Waals surface area contributed by atoms with Gasteiger partial charge in [-0.1, -0.05) is 15.9 Å². The zero-order chi connectivity index (χ0) is 13.1. The number of phenolic OH excluding ortho intramolecular Hbond substituents is 1. The summed E-state index contributed by atoms with van der Waals surface area (Å²) in [5.74, 6) is -0.255. The first kappa shape index (κ1) is 12.9. The highest BCUT2D eigenvalue weighted by Gasteiger charge is 2.03. The summed E-state index contributed by atoms with van der Waals surface area (Å²) >= 11 is 3.43. The maximum atomic E-state index is 13.0. The second-order valence-electron chi connectivity index (χ2n) is 4.09. The van der Waals surface area contributed by atoms with Crippen LogP contribution in [-0.4, -0.2) is 5.11 Å². The lowest BCUT2D eigenvalue weighted by atomic mass is 10.1. The molecule has 0 aliphatic carbocycles. The molecule has 2 nitrogen and oxygen atoms in total. The van der Waals surface area contributed by atoms with Crippen molar-refractivity contribution in [3.05, 3.63) is 57.8 Å². The molecule has 0 fully saturated rings. The van der Waals surface area contributed by atoms with Crippen LogP contribution in [0.25, 0.3) is 0 Å². The van der Waals surface area contributed by atoms with Gasteiger partial charge in [-0.05, 0) is 48.9 Å². The molecule has 0 atom stereocenters. The molecule has 0 amide bonds. The summed E-state index contributed by atoms with van der Waals surface area (Å²) in [6.45, 7) is 2.37. The lowest BCUT2D eigenvalue weighted by Crippen LogP contribution is -2.00. The number of hydrogen-bond donors (Lipinski definition) is 2. The predicted molar refractivity (Wildman–Crippen MR) is 74.3 cm³/mol. The summed E-state index contributed by atoms with van der Waals surface area (Å²) < 4.78 is 14.1. The Morgan fingerprint density at radius 2 is 2.00 bits per heavy atom. The van der Waals surface area contributed by atoms with Crippen molar-refractivity contribution in [3.63, 3.8) is 0 Å². The van der Waals surface area contributed by atoms with Gasteiger partial charge in [-0.2, -0.15) is 0 Å². The van der Waals surface area contributed by atoms with Gasteiger partial charge >= 0.3 is 0 Å². The summed E-state index contributed by atoms with van der Waals surface area (Å²) in [4.78, 5) is 0. The second kappa shape index (κ2) is 5.40. The number of nitrogens with one attached hydrogen (secondary N) is 1. The maximum Gasteiger partial charge on any atom is 0.123 e. The van der Waals surface area contributed by atoms with E-state index in [9.17, 15) is 9.50 Å². The molecule has 2 aromatic carbocycles. The van der Waals surface area contributed by atoms with Crippen LogP contribution in [0, 0.1) is 12.7 Å². The Morgan fingerprint density at radius 3 is 2.72 bits per heavy atom. The molecule has 18 heavy (non-hydrogen) atoms. The van der Waals surface area contributed by atoms with Crippen LogP contribution in [-0.2, 0) is 6.54 Å². The topological polar surface area (TPSA) is 32.3 Å². The fourth-order valence-corrected chi connectivity index (χ4v) is 1.89. The Morgan fingerprint density at radius 1 is 1.22 bits per heavy atom. The SMILES string of the molecule is Cc1cc(NCc2cc(F)ccc2O)ccc1Br. The van der Waals surface area contributed by atoms with Crippen LogP contribution in [0.5, 0.6) is 5.75 Å². The van der Waals surface area contributed by atoms with Gasteiger partial charge in [0.1, 0.15) is 11.6 Å². The number of aryl methyl sites for hydroxylation is 1. The number of halogens is 2. The van der Waals surface area contributed by atoms with Gasteiger partial charge in [0.2, 0.25) is 0 Å². The van der Waals surface area contributed by atoms with E-state index in [0.717, 1.165) is 15.7 Å². The van der Waals surface area contributed by atoms with E-state index < -0.39 is 0 Å². The number of rotatable bonds is 3. The molecule has 0 saturated heterocycles. The van der Waals surface area contributed by atoms with E-state index in [0.29, 0.717) is 12.1 Å². The van der Waals surface area contributed by atoms with Crippen molar-refractivity contribution in [1.29, 1.82) is 0 Å². The number of phenols is 1. The lowest BCUT2D eigenvalue weighted by molar-refractivity contribution is 0.466. The molecule has 0 saturated carbocycles. The van der Waals surface area contributed by atoms with E-state index in [-0.39, 0.29) is 11.6 Å². The van der Waals surface area contributed by atoms with E-state index in [2.05, 4.69) is 21.2 Å². The van der Waals surface area contributed by atoms with Gasteiger partial charge in [-0.3, -0.25) is 0 Å². The van der Waals surface area contributed by atoms with Crippen molar-refractivity contribution in [2.45, 2.75) is 13.5 Å². The van der Waals surface area contributed by atoms with Gasteiger partial charge in [-0.15, -0.1) is 0 Å². The molecule has 0 radical (unpaired) electrons. The molecule has 0 aliphatic heterocycles. The smallest absolute Gasteiger partial charge is 0.123 e. The van der Waals surface area contributed by atoms with Crippen molar-refractivity contribution in [2.75, 3.05) is 5.32 Å². The van der Waals surface area contributed by atoms with E-state index >= 15 is 0 Å². The van der Waals surface area contributed by atoms with E-state index in [4.69, 9.17) is 0 Å². The quantitative estimate of drug-likeness (QED) is 0.890. The molecule has 2 rings (SSSR count). The minimum absolute atomic E-state index is 0.0951. The molecule has 2 aromatic rings. The fourth-order valence-electron chi connectivity index (χ4n) is 1.65. The summed E-state index contributed by atoms with van der Waals surface area (Å²) in [6, 6.07) is 9.78. The van der Waals surface area contributed by atoms with Crippen LogP contribution in [0.1, 0.15) is 11.1 Å². The molecule has 0 spiro atoms. The molecular weight excluding hydrogens is 297 g/mol. The summed E-state index contributed by atoms with van der Waals surface area (Å²) in [5.41, 5.74) is 2.58. The normalized spacial score (nSPS) is 10.4. The Kier molecular flexibility index (Phi) is 3.87. The van der Waals surface area contributed by atoms with Gasteiger partial charge in [0.25, 0.3) is 0 Å². The average molecular weight is 310 g/mol. The highest BCUT2D eigenvalue weighted by Crippen LogP contribution is 2.22. The third-order valence-corrected chi connectivity index (χ3v) is 3.57. The number of aromatic hydroxyl groups is 1. The van der Waals surface area contributed by atoms with Gasteiger partial charge in [0.15, 0.2) is 0 Å². The van der Waals surface area contributed by atoms with Crippen LogP contribution in [0.15, 0.2) is 40.9 Å². The Bertz CT molecular complexity index is 572. The molecule has 0 aliphatic rings. The molecule has 0 bridgehead atoms. The van der Waals surface area contributed by atoms with Gasteiger partial charge in [0.05, 0.1) is 0 Å². The van der Waals surface area contributed by atoms with Crippen molar-refractivity contribution in [3.8, 4) is 5.75 Å². The van der Waals surface area contributed by atoms with Gasteiger partial charge in [-0.25, -0.2) is 4.39 Å². The third kappa shape index (κ3) is 3.01. The van der Waals surface area contributed by atoms with Crippen LogP contribution in [0.2, 0.25) is 0 Å².